The van der Waals surface area contributed by atoms with Crippen LogP contribution in [-0.2, 0) is 16.0 Å². The van der Waals surface area contributed by atoms with E-state index in [0.29, 0.717) is 37.2 Å². The SMILES string of the molecule is CCCN(CCC)C(=O)C1=CC(C)=CC(C(N)=O)([C@H](Cc2cc(F)cc(F)c2)[C@@H](O)CNCCCCCO)C1. The summed E-state index contributed by atoms with van der Waals surface area (Å²) in [5, 5.41) is 23.6. The molecule has 0 fully saturated rings. The molecule has 0 bridgehead atoms. The first kappa shape index (κ1) is 32.6. The monoisotopic (exact) mass is 549 g/mol. The van der Waals surface area contributed by atoms with E-state index in [1.807, 2.05) is 13.8 Å². The lowest BCUT2D eigenvalue weighted by molar-refractivity contribution is -0.132. The number of hydrogen-bond acceptors (Lipinski definition) is 5. The molecular formula is C30H45F2N3O4. The highest BCUT2D eigenvalue weighted by Crippen LogP contribution is 2.44. The molecule has 39 heavy (non-hydrogen) atoms. The summed E-state index contributed by atoms with van der Waals surface area (Å²) in [5.74, 6) is -3.26. The first-order valence-corrected chi connectivity index (χ1v) is 14.0. The number of halogens is 2. The predicted octanol–water partition coefficient (Wildman–Crippen LogP) is 3.63. The van der Waals surface area contributed by atoms with Crippen molar-refractivity contribution in [2.45, 2.75) is 71.8 Å². The van der Waals surface area contributed by atoms with Crippen LogP contribution in [0.1, 0.15) is 64.9 Å². The Balaban J connectivity index is 2.45. The van der Waals surface area contributed by atoms with E-state index in [2.05, 4.69) is 5.32 Å². The Kier molecular flexibility index (Phi) is 13.2. The van der Waals surface area contributed by atoms with Crippen LogP contribution in [-0.4, -0.2) is 65.8 Å². The molecule has 0 aliphatic heterocycles. The lowest BCUT2D eigenvalue weighted by Crippen LogP contribution is -2.52. The number of carbonyl (C=O) groups is 2. The van der Waals surface area contributed by atoms with Crippen molar-refractivity contribution in [3.8, 4) is 0 Å². The molecule has 1 aromatic carbocycles. The largest absolute Gasteiger partial charge is 0.396 e. The zero-order valence-electron chi connectivity index (χ0n) is 23.5. The normalized spacial score (nSPS) is 18.7. The van der Waals surface area contributed by atoms with Crippen molar-refractivity contribution < 1.29 is 28.6 Å². The molecule has 1 unspecified atom stereocenters. The molecule has 1 aliphatic rings. The third-order valence-electron chi connectivity index (χ3n) is 7.25. The van der Waals surface area contributed by atoms with Crippen LogP contribution in [0.25, 0.3) is 0 Å². The maximum absolute atomic E-state index is 14.1. The standard InChI is InChI=1S/C30H45F2N3O4/c1-4-10-35(11-5-2)28(38)23-13-21(3)18-30(19-23,29(33)39)26(16-22-14-24(31)17-25(32)15-22)27(37)20-34-9-7-6-8-12-36/h13-15,17-18,26-27,34,36-37H,4-12,16,19-20H2,1-3H3,(H2,33,39)/t26-,27+,30?/m1/s1. The van der Waals surface area contributed by atoms with Gasteiger partial charge in [-0.15, -0.1) is 0 Å². The average molecular weight is 550 g/mol. The van der Waals surface area contributed by atoms with Gasteiger partial charge in [-0.3, -0.25) is 9.59 Å². The average Bonchev–Trinajstić information content (AvgIpc) is 2.87. The predicted molar refractivity (Wildman–Crippen MR) is 149 cm³/mol. The van der Waals surface area contributed by atoms with Gasteiger partial charge in [-0.25, -0.2) is 8.78 Å². The second-order valence-corrected chi connectivity index (χ2v) is 10.6. The number of benzene rings is 1. The van der Waals surface area contributed by atoms with Gasteiger partial charge in [0.15, 0.2) is 0 Å². The fraction of sp³-hybridized carbons (Fsp3) is 0.600. The van der Waals surface area contributed by atoms with Gasteiger partial charge in [-0.2, -0.15) is 0 Å². The Labute approximate surface area is 231 Å². The number of primary amides is 1. The van der Waals surface area contributed by atoms with Crippen molar-refractivity contribution in [3.63, 3.8) is 0 Å². The molecule has 1 aromatic rings. The second kappa shape index (κ2) is 15.8. The maximum Gasteiger partial charge on any atom is 0.249 e. The van der Waals surface area contributed by atoms with Crippen molar-refractivity contribution >= 4 is 11.8 Å². The summed E-state index contributed by atoms with van der Waals surface area (Å²) < 4.78 is 28.2. The Morgan fingerprint density at radius 3 is 2.31 bits per heavy atom. The van der Waals surface area contributed by atoms with Crippen molar-refractivity contribution in [2.24, 2.45) is 17.1 Å². The number of nitrogens with zero attached hydrogens (tertiary/aromatic N) is 1. The third kappa shape index (κ3) is 9.22. The van der Waals surface area contributed by atoms with E-state index in [-0.39, 0.29) is 37.5 Å². The number of hydrogen-bond donors (Lipinski definition) is 4. The van der Waals surface area contributed by atoms with Gasteiger partial charge < -0.3 is 26.2 Å². The topological polar surface area (TPSA) is 116 Å². The number of allylic oxidation sites excluding steroid dienone is 2. The van der Waals surface area contributed by atoms with Crippen molar-refractivity contribution in [2.75, 3.05) is 32.8 Å². The number of carbonyl (C=O) groups excluding carboxylic acids is 2. The van der Waals surface area contributed by atoms with Crippen molar-refractivity contribution in [1.82, 2.24) is 10.2 Å². The molecule has 2 amide bonds. The first-order chi connectivity index (χ1) is 18.6. The Bertz CT molecular complexity index is 1000. The molecule has 1 aliphatic carbocycles. The van der Waals surface area contributed by atoms with Gasteiger partial charge in [0.2, 0.25) is 11.8 Å². The molecular weight excluding hydrogens is 504 g/mol. The highest BCUT2D eigenvalue weighted by atomic mass is 19.1. The maximum atomic E-state index is 14.1. The molecule has 3 atom stereocenters. The Hall–Kier alpha value is -2.62. The van der Waals surface area contributed by atoms with Crippen LogP contribution in [0.4, 0.5) is 8.78 Å². The highest BCUT2D eigenvalue weighted by Gasteiger charge is 2.48. The number of aliphatic hydroxyl groups excluding tert-OH is 2. The summed E-state index contributed by atoms with van der Waals surface area (Å²) in [7, 11) is 0. The third-order valence-corrected chi connectivity index (χ3v) is 7.25. The van der Waals surface area contributed by atoms with Gasteiger partial charge in [-0.1, -0.05) is 31.6 Å². The molecule has 0 saturated heterocycles. The van der Waals surface area contributed by atoms with Gasteiger partial charge in [0.05, 0.1) is 11.5 Å². The minimum absolute atomic E-state index is 0.0154. The van der Waals surface area contributed by atoms with Crippen LogP contribution in [0.3, 0.4) is 0 Å². The zero-order valence-corrected chi connectivity index (χ0v) is 23.5. The molecule has 0 radical (unpaired) electrons. The Morgan fingerprint density at radius 2 is 1.74 bits per heavy atom. The summed E-state index contributed by atoms with van der Waals surface area (Å²) in [5.41, 5.74) is 5.97. The minimum atomic E-state index is -1.45. The summed E-state index contributed by atoms with van der Waals surface area (Å²) in [4.78, 5) is 28.6. The molecule has 0 heterocycles. The first-order valence-electron chi connectivity index (χ1n) is 14.0. The van der Waals surface area contributed by atoms with E-state index in [4.69, 9.17) is 10.8 Å². The molecule has 2 rings (SSSR count). The van der Waals surface area contributed by atoms with E-state index in [0.717, 1.165) is 31.7 Å². The molecule has 0 saturated carbocycles. The molecule has 9 heteroatoms. The van der Waals surface area contributed by atoms with Gasteiger partial charge in [0.1, 0.15) is 11.6 Å². The van der Waals surface area contributed by atoms with Crippen LogP contribution in [0.15, 0.2) is 41.5 Å². The van der Waals surface area contributed by atoms with Crippen LogP contribution >= 0.6 is 0 Å². The molecule has 7 nitrogen and oxygen atoms in total. The molecule has 0 spiro atoms. The van der Waals surface area contributed by atoms with Crippen LogP contribution in [0.5, 0.6) is 0 Å². The van der Waals surface area contributed by atoms with Gasteiger partial charge >= 0.3 is 0 Å². The molecule has 218 valence electrons. The van der Waals surface area contributed by atoms with Crippen molar-refractivity contribution in [3.05, 3.63) is 58.7 Å². The zero-order chi connectivity index (χ0) is 29.0. The summed E-state index contributed by atoms with van der Waals surface area (Å²) >= 11 is 0. The van der Waals surface area contributed by atoms with Crippen molar-refractivity contribution in [1.29, 1.82) is 0 Å². The second-order valence-electron chi connectivity index (χ2n) is 10.6. The Morgan fingerprint density at radius 1 is 1.10 bits per heavy atom. The van der Waals surface area contributed by atoms with E-state index in [1.165, 1.54) is 12.1 Å². The van der Waals surface area contributed by atoms with Gasteiger partial charge in [0.25, 0.3) is 0 Å². The van der Waals surface area contributed by atoms with Gasteiger partial charge in [-0.05, 0) is 76.1 Å². The van der Waals surface area contributed by atoms with Crippen LogP contribution in [0, 0.1) is 23.0 Å². The molecule has 0 aromatic heterocycles. The molecule has 5 N–H and O–H groups in total. The van der Waals surface area contributed by atoms with E-state index >= 15 is 0 Å². The number of amides is 2. The summed E-state index contributed by atoms with van der Waals surface area (Å²) in [6.07, 6.45) is 6.16. The fourth-order valence-electron chi connectivity index (χ4n) is 5.49. The number of unbranched alkanes of at least 4 members (excludes halogenated alkanes) is 2. The lowest BCUT2D eigenvalue weighted by Gasteiger charge is -2.42. The fourth-order valence-corrected chi connectivity index (χ4v) is 5.49. The van der Waals surface area contributed by atoms with Crippen LogP contribution in [0.2, 0.25) is 0 Å². The highest BCUT2D eigenvalue weighted by molar-refractivity contribution is 5.96. The number of aliphatic hydroxyl groups is 2. The van der Waals surface area contributed by atoms with E-state index in [1.54, 1.807) is 24.0 Å². The lowest BCUT2D eigenvalue weighted by atomic mass is 9.63. The van der Waals surface area contributed by atoms with Gasteiger partial charge in [0, 0.05) is 43.8 Å². The number of nitrogens with one attached hydrogen (secondary N) is 1. The van der Waals surface area contributed by atoms with Crippen LogP contribution < -0.4 is 11.1 Å². The number of nitrogens with two attached hydrogens (primary N) is 1. The summed E-state index contributed by atoms with van der Waals surface area (Å²) in [6, 6.07) is 3.14. The smallest absolute Gasteiger partial charge is 0.249 e. The quantitative estimate of drug-likeness (QED) is 0.222. The van der Waals surface area contributed by atoms with E-state index in [9.17, 15) is 23.5 Å². The van der Waals surface area contributed by atoms with E-state index < -0.39 is 35.0 Å². The number of rotatable bonds is 17. The summed E-state index contributed by atoms with van der Waals surface area (Å²) in [6.45, 7) is 7.73. The minimum Gasteiger partial charge on any atom is -0.396 e.